The average molecular weight is 283 g/mol. The normalized spacial score (nSPS) is 10.3. The van der Waals surface area contributed by atoms with Crippen LogP contribution in [0, 0.1) is 6.92 Å². The zero-order valence-corrected chi connectivity index (χ0v) is 12.7. The number of nitrogens with zero attached hydrogens (tertiary/aromatic N) is 1. The first-order valence-corrected chi connectivity index (χ1v) is 6.89. The second kappa shape index (κ2) is 6.41. The molecule has 4 nitrogen and oxygen atoms in total. The summed E-state index contributed by atoms with van der Waals surface area (Å²) < 4.78 is 0. The predicted octanol–water partition coefficient (Wildman–Crippen LogP) is 2.77. The van der Waals surface area contributed by atoms with Crippen molar-refractivity contribution in [3.05, 3.63) is 59.2 Å². The molecule has 0 unspecified atom stereocenters. The first kappa shape index (κ1) is 15.1. The molecule has 0 saturated heterocycles. The standard InChI is InChI=1S/C17H21N3O/c1-12-7-8-13(11-18)9-16(12)19-17(21)14-5-4-6-15(10-14)20(2)3/h4-10H,11,18H2,1-3H3,(H,19,21). The van der Waals surface area contributed by atoms with Crippen LogP contribution in [0.4, 0.5) is 11.4 Å². The number of carbonyl (C=O) groups is 1. The Hall–Kier alpha value is -2.33. The van der Waals surface area contributed by atoms with E-state index in [2.05, 4.69) is 5.32 Å². The molecule has 0 radical (unpaired) electrons. The monoisotopic (exact) mass is 283 g/mol. The van der Waals surface area contributed by atoms with Gasteiger partial charge in [-0.2, -0.15) is 0 Å². The van der Waals surface area contributed by atoms with Gasteiger partial charge in [-0.3, -0.25) is 4.79 Å². The highest BCUT2D eigenvalue weighted by Gasteiger charge is 2.09. The van der Waals surface area contributed by atoms with Gasteiger partial charge in [-0.15, -0.1) is 0 Å². The van der Waals surface area contributed by atoms with Crippen molar-refractivity contribution in [3.63, 3.8) is 0 Å². The van der Waals surface area contributed by atoms with Crippen LogP contribution in [0.15, 0.2) is 42.5 Å². The van der Waals surface area contributed by atoms with Gasteiger partial charge in [0, 0.05) is 37.6 Å². The van der Waals surface area contributed by atoms with Crippen LogP contribution < -0.4 is 16.0 Å². The maximum atomic E-state index is 12.4. The molecule has 2 aromatic carbocycles. The first-order valence-electron chi connectivity index (χ1n) is 6.89. The lowest BCUT2D eigenvalue weighted by atomic mass is 10.1. The van der Waals surface area contributed by atoms with Gasteiger partial charge in [0.2, 0.25) is 0 Å². The highest BCUT2D eigenvalue weighted by Crippen LogP contribution is 2.19. The quantitative estimate of drug-likeness (QED) is 0.907. The fraction of sp³-hybridized carbons (Fsp3) is 0.235. The summed E-state index contributed by atoms with van der Waals surface area (Å²) >= 11 is 0. The van der Waals surface area contributed by atoms with E-state index in [9.17, 15) is 4.79 Å². The number of nitrogens with two attached hydrogens (primary N) is 1. The molecule has 110 valence electrons. The molecule has 2 aromatic rings. The summed E-state index contributed by atoms with van der Waals surface area (Å²) in [7, 11) is 3.90. The maximum absolute atomic E-state index is 12.4. The number of carbonyl (C=O) groups excluding carboxylic acids is 1. The molecule has 2 rings (SSSR count). The Morgan fingerprint density at radius 2 is 1.95 bits per heavy atom. The second-order valence-corrected chi connectivity index (χ2v) is 5.25. The van der Waals surface area contributed by atoms with Crippen LogP contribution in [0.25, 0.3) is 0 Å². The average Bonchev–Trinajstić information content (AvgIpc) is 2.49. The zero-order valence-electron chi connectivity index (χ0n) is 12.7. The molecule has 0 atom stereocenters. The first-order chi connectivity index (χ1) is 10.0. The third-order valence-corrected chi connectivity index (χ3v) is 3.41. The fourth-order valence-electron chi connectivity index (χ4n) is 2.05. The maximum Gasteiger partial charge on any atom is 0.255 e. The van der Waals surface area contributed by atoms with E-state index >= 15 is 0 Å². The Morgan fingerprint density at radius 1 is 1.19 bits per heavy atom. The molecule has 0 bridgehead atoms. The molecule has 0 heterocycles. The van der Waals surface area contributed by atoms with Crippen LogP contribution in [0.2, 0.25) is 0 Å². The largest absolute Gasteiger partial charge is 0.378 e. The lowest BCUT2D eigenvalue weighted by Crippen LogP contribution is -2.15. The van der Waals surface area contributed by atoms with Crippen molar-refractivity contribution < 1.29 is 4.79 Å². The molecule has 0 saturated carbocycles. The predicted molar refractivity (Wildman–Crippen MR) is 87.8 cm³/mol. The lowest BCUT2D eigenvalue weighted by molar-refractivity contribution is 0.102. The molecule has 3 N–H and O–H groups in total. The molecule has 0 aliphatic rings. The number of rotatable bonds is 4. The summed E-state index contributed by atoms with van der Waals surface area (Å²) in [5.74, 6) is -0.115. The summed E-state index contributed by atoms with van der Waals surface area (Å²) in [6.07, 6.45) is 0. The molecular weight excluding hydrogens is 262 g/mol. The van der Waals surface area contributed by atoms with Crippen molar-refractivity contribution in [3.8, 4) is 0 Å². The Morgan fingerprint density at radius 3 is 2.62 bits per heavy atom. The van der Waals surface area contributed by atoms with Crippen LogP contribution in [0.3, 0.4) is 0 Å². The van der Waals surface area contributed by atoms with E-state index in [0.717, 1.165) is 22.5 Å². The van der Waals surface area contributed by atoms with E-state index in [1.54, 1.807) is 0 Å². The molecule has 0 spiro atoms. The molecule has 0 aromatic heterocycles. The van der Waals surface area contributed by atoms with Crippen LogP contribution in [0.5, 0.6) is 0 Å². The minimum Gasteiger partial charge on any atom is -0.378 e. The van der Waals surface area contributed by atoms with E-state index in [4.69, 9.17) is 5.73 Å². The summed E-state index contributed by atoms with van der Waals surface area (Å²) in [6.45, 7) is 2.42. The topological polar surface area (TPSA) is 58.4 Å². The van der Waals surface area contributed by atoms with Crippen molar-refractivity contribution in [2.45, 2.75) is 13.5 Å². The van der Waals surface area contributed by atoms with Gasteiger partial charge in [0.25, 0.3) is 5.91 Å². The van der Waals surface area contributed by atoms with E-state index in [1.807, 2.05) is 68.4 Å². The van der Waals surface area contributed by atoms with Crippen LogP contribution in [-0.4, -0.2) is 20.0 Å². The van der Waals surface area contributed by atoms with Crippen LogP contribution >= 0.6 is 0 Å². The molecule has 21 heavy (non-hydrogen) atoms. The molecule has 4 heteroatoms. The Kier molecular flexibility index (Phi) is 4.60. The third-order valence-electron chi connectivity index (χ3n) is 3.41. The summed E-state index contributed by atoms with van der Waals surface area (Å²) in [5, 5.41) is 2.95. The van der Waals surface area contributed by atoms with Crippen LogP contribution in [-0.2, 0) is 6.54 Å². The number of hydrogen-bond donors (Lipinski definition) is 2. The Bertz CT molecular complexity index is 650. The van der Waals surface area contributed by atoms with Crippen molar-refractivity contribution in [1.82, 2.24) is 0 Å². The van der Waals surface area contributed by atoms with Crippen molar-refractivity contribution in [2.24, 2.45) is 5.73 Å². The van der Waals surface area contributed by atoms with E-state index in [-0.39, 0.29) is 5.91 Å². The summed E-state index contributed by atoms with van der Waals surface area (Å²) in [6, 6.07) is 13.4. The highest BCUT2D eigenvalue weighted by atomic mass is 16.1. The summed E-state index contributed by atoms with van der Waals surface area (Å²) in [4.78, 5) is 14.3. The SMILES string of the molecule is Cc1ccc(CN)cc1NC(=O)c1cccc(N(C)C)c1. The summed E-state index contributed by atoms with van der Waals surface area (Å²) in [5.41, 5.74) is 10.1. The van der Waals surface area contributed by atoms with Gasteiger partial charge in [0.05, 0.1) is 0 Å². The zero-order chi connectivity index (χ0) is 15.4. The number of hydrogen-bond acceptors (Lipinski definition) is 3. The second-order valence-electron chi connectivity index (χ2n) is 5.25. The fourth-order valence-corrected chi connectivity index (χ4v) is 2.05. The van der Waals surface area contributed by atoms with Gasteiger partial charge in [-0.1, -0.05) is 18.2 Å². The van der Waals surface area contributed by atoms with Crippen molar-refractivity contribution in [1.29, 1.82) is 0 Å². The smallest absolute Gasteiger partial charge is 0.255 e. The van der Waals surface area contributed by atoms with E-state index in [0.29, 0.717) is 12.1 Å². The number of anilines is 2. The van der Waals surface area contributed by atoms with Gasteiger partial charge < -0.3 is 16.0 Å². The third kappa shape index (κ3) is 3.61. The van der Waals surface area contributed by atoms with Gasteiger partial charge in [-0.25, -0.2) is 0 Å². The minimum absolute atomic E-state index is 0.115. The number of amides is 1. The Labute approximate surface area is 125 Å². The van der Waals surface area contributed by atoms with E-state index < -0.39 is 0 Å². The molecule has 1 amide bonds. The van der Waals surface area contributed by atoms with Gasteiger partial charge >= 0.3 is 0 Å². The molecule has 0 fully saturated rings. The molecule has 0 aliphatic carbocycles. The van der Waals surface area contributed by atoms with Gasteiger partial charge in [0.1, 0.15) is 0 Å². The molecular formula is C17H21N3O. The highest BCUT2D eigenvalue weighted by molar-refractivity contribution is 6.05. The van der Waals surface area contributed by atoms with E-state index in [1.165, 1.54) is 0 Å². The number of benzene rings is 2. The number of aryl methyl sites for hydroxylation is 1. The minimum atomic E-state index is -0.115. The lowest BCUT2D eigenvalue weighted by Gasteiger charge is -2.14. The van der Waals surface area contributed by atoms with Crippen molar-refractivity contribution >= 4 is 17.3 Å². The Balaban J connectivity index is 2.23. The van der Waals surface area contributed by atoms with Crippen molar-refractivity contribution in [2.75, 3.05) is 24.3 Å². The molecule has 0 aliphatic heterocycles. The number of nitrogens with one attached hydrogen (secondary N) is 1. The van der Waals surface area contributed by atoms with Crippen LogP contribution in [0.1, 0.15) is 21.5 Å². The van der Waals surface area contributed by atoms with Gasteiger partial charge in [-0.05, 0) is 42.3 Å². The van der Waals surface area contributed by atoms with Gasteiger partial charge in [0.15, 0.2) is 0 Å².